The molecule has 2 heteroatoms. The summed E-state index contributed by atoms with van der Waals surface area (Å²) in [5.74, 6) is 1.76. The zero-order valence-electron chi connectivity index (χ0n) is 11.3. The molecule has 0 aromatic carbocycles. The summed E-state index contributed by atoms with van der Waals surface area (Å²) in [6.45, 7) is 5.76. The first-order valence-corrected chi connectivity index (χ1v) is 7.14. The van der Waals surface area contributed by atoms with Gasteiger partial charge in [0.2, 0.25) is 0 Å². The van der Waals surface area contributed by atoms with Gasteiger partial charge in [-0.15, -0.1) is 0 Å². The molecule has 0 radical (unpaired) electrons. The van der Waals surface area contributed by atoms with Gasteiger partial charge < -0.3 is 10.6 Å². The summed E-state index contributed by atoms with van der Waals surface area (Å²) in [6.07, 6.45) is 9.61. The highest BCUT2D eigenvalue weighted by Gasteiger charge is 2.20. The molecular formula is C14H30N2. The Kier molecular flexibility index (Phi) is 7.06. The van der Waals surface area contributed by atoms with Crippen molar-refractivity contribution in [2.75, 3.05) is 26.7 Å². The van der Waals surface area contributed by atoms with Crippen LogP contribution in [0.1, 0.15) is 51.9 Å². The third-order valence-electron chi connectivity index (χ3n) is 4.01. The Morgan fingerprint density at radius 3 is 2.25 bits per heavy atom. The van der Waals surface area contributed by atoms with Crippen molar-refractivity contribution in [1.29, 1.82) is 0 Å². The predicted octanol–water partition coefficient (Wildman–Crippen LogP) is 2.87. The molecular weight excluding hydrogens is 196 g/mol. The summed E-state index contributed by atoms with van der Waals surface area (Å²) in [6, 6.07) is 0. The summed E-state index contributed by atoms with van der Waals surface area (Å²) in [5, 5.41) is 0. The fourth-order valence-electron chi connectivity index (χ4n) is 2.81. The molecule has 0 spiro atoms. The second-order valence-corrected chi connectivity index (χ2v) is 5.59. The van der Waals surface area contributed by atoms with Gasteiger partial charge in [-0.05, 0) is 64.1 Å². The van der Waals surface area contributed by atoms with Crippen molar-refractivity contribution >= 4 is 0 Å². The van der Waals surface area contributed by atoms with Crippen LogP contribution in [0.25, 0.3) is 0 Å². The number of nitrogens with zero attached hydrogens (tertiary/aromatic N) is 1. The maximum Gasteiger partial charge on any atom is 0.000661 e. The molecule has 0 bridgehead atoms. The Morgan fingerprint density at radius 1 is 1.06 bits per heavy atom. The van der Waals surface area contributed by atoms with Gasteiger partial charge in [-0.25, -0.2) is 0 Å². The van der Waals surface area contributed by atoms with Crippen LogP contribution in [0.4, 0.5) is 0 Å². The van der Waals surface area contributed by atoms with Gasteiger partial charge in [0.1, 0.15) is 0 Å². The van der Waals surface area contributed by atoms with Crippen LogP contribution in [-0.2, 0) is 0 Å². The Balaban J connectivity index is 2.08. The van der Waals surface area contributed by atoms with Gasteiger partial charge in [0, 0.05) is 6.54 Å². The quantitative estimate of drug-likeness (QED) is 0.676. The van der Waals surface area contributed by atoms with E-state index in [1.165, 1.54) is 58.0 Å². The lowest BCUT2D eigenvalue weighted by molar-refractivity contribution is 0.204. The van der Waals surface area contributed by atoms with Crippen molar-refractivity contribution in [2.45, 2.75) is 51.9 Å². The third kappa shape index (κ3) is 5.31. The fourth-order valence-corrected chi connectivity index (χ4v) is 2.81. The number of nitrogens with two attached hydrogens (primary N) is 1. The lowest BCUT2D eigenvalue weighted by Gasteiger charge is -2.30. The maximum atomic E-state index is 5.72. The van der Waals surface area contributed by atoms with Crippen molar-refractivity contribution in [3.8, 4) is 0 Å². The molecule has 0 saturated heterocycles. The van der Waals surface area contributed by atoms with Crippen molar-refractivity contribution in [2.24, 2.45) is 17.6 Å². The highest BCUT2D eigenvalue weighted by molar-refractivity contribution is 4.74. The van der Waals surface area contributed by atoms with E-state index in [2.05, 4.69) is 18.9 Å². The van der Waals surface area contributed by atoms with Crippen molar-refractivity contribution in [3.63, 3.8) is 0 Å². The zero-order chi connectivity index (χ0) is 11.8. The minimum Gasteiger partial charge on any atom is -0.330 e. The first-order chi connectivity index (χ1) is 7.76. The molecule has 2 N–H and O–H groups in total. The molecule has 1 rings (SSSR count). The molecule has 2 nitrogen and oxygen atoms in total. The number of rotatable bonds is 7. The van der Waals surface area contributed by atoms with Crippen molar-refractivity contribution in [3.05, 3.63) is 0 Å². The minimum atomic E-state index is 0.821. The first kappa shape index (κ1) is 14.0. The molecule has 0 heterocycles. The van der Waals surface area contributed by atoms with Gasteiger partial charge >= 0.3 is 0 Å². The van der Waals surface area contributed by atoms with E-state index in [9.17, 15) is 0 Å². The molecule has 1 aliphatic carbocycles. The standard InChI is InChI=1S/C14H30N2/c1-3-4-5-10-16(2)12-14-8-6-13(11-15)7-9-14/h13-14H,3-12,15H2,1-2H3. The van der Waals surface area contributed by atoms with E-state index >= 15 is 0 Å². The van der Waals surface area contributed by atoms with E-state index < -0.39 is 0 Å². The van der Waals surface area contributed by atoms with Crippen LogP contribution in [0.3, 0.4) is 0 Å². The molecule has 0 aromatic heterocycles. The SMILES string of the molecule is CCCCCN(C)CC1CCC(CN)CC1. The highest BCUT2D eigenvalue weighted by Crippen LogP contribution is 2.28. The molecule has 96 valence electrons. The van der Waals surface area contributed by atoms with E-state index in [0.717, 1.165) is 18.4 Å². The van der Waals surface area contributed by atoms with Crippen LogP contribution in [0.15, 0.2) is 0 Å². The topological polar surface area (TPSA) is 29.3 Å². The summed E-state index contributed by atoms with van der Waals surface area (Å²) < 4.78 is 0. The number of hydrogen-bond acceptors (Lipinski definition) is 2. The van der Waals surface area contributed by atoms with E-state index in [1.807, 2.05) is 0 Å². The predicted molar refractivity (Wildman–Crippen MR) is 71.5 cm³/mol. The molecule has 0 unspecified atom stereocenters. The molecule has 1 fully saturated rings. The Hall–Kier alpha value is -0.0800. The van der Waals surface area contributed by atoms with E-state index in [-0.39, 0.29) is 0 Å². The van der Waals surface area contributed by atoms with Crippen molar-refractivity contribution in [1.82, 2.24) is 4.90 Å². The summed E-state index contributed by atoms with van der Waals surface area (Å²) in [5.41, 5.74) is 5.72. The van der Waals surface area contributed by atoms with Crippen LogP contribution in [-0.4, -0.2) is 31.6 Å². The molecule has 0 atom stereocenters. The van der Waals surface area contributed by atoms with Crippen LogP contribution in [0.5, 0.6) is 0 Å². The van der Waals surface area contributed by atoms with Crippen LogP contribution < -0.4 is 5.73 Å². The van der Waals surface area contributed by atoms with E-state index in [1.54, 1.807) is 0 Å². The monoisotopic (exact) mass is 226 g/mol. The summed E-state index contributed by atoms with van der Waals surface area (Å²) >= 11 is 0. The largest absolute Gasteiger partial charge is 0.330 e. The van der Waals surface area contributed by atoms with Gasteiger partial charge in [0.05, 0.1) is 0 Å². The third-order valence-corrected chi connectivity index (χ3v) is 4.01. The van der Waals surface area contributed by atoms with Crippen molar-refractivity contribution < 1.29 is 0 Å². The molecule has 16 heavy (non-hydrogen) atoms. The smallest absolute Gasteiger partial charge is 0.000661 e. The fraction of sp³-hybridized carbons (Fsp3) is 1.00. The van der Waals surface area contributed by atoms with Crippen LogP contribution in [0.2, 0.25) is 0 Å². The molecule has 1 aliphatic rings. The van der Waals surface area contributed by atoms with Crippen LogP contribution in [0, 0.1) is 11.8 Å². The summed E-state index contributed by atoms with van der Waals surface area (Å²) in [7, 11) is 2.28. The Labute approximate surface area is 102 Å². The molecule has 1 saturated carbocycles. The number of hydrogen-bond donors (Lipinski definition) is 1. The lowest BCUT2D eigenvalue weighted by Crippen LogP contribution is -2.30. The first-order valence-electron chi connectivity index (χ1n) is 7.14. The molecule has 0 aliphatic heterocycles. The molecule has 0 aromatic rings. The van der Waals surface area contributed by atoms with E-state index in [0.29, 0.717) is 0 Å². The van der Waals surface area contributed by atoms with Gasteiger partial charge in [0.25, 0.3) is 0 Å². The van der Waals surface area contributed by atoms with E-state index in [4.69, 9.17) is 5.73 Å². The van der Waals surface area contributed by atoms with Gasteiger partial charge in [-0.1, -0.05) is 19.8 Å². The zero-order valence-corrected chi connectivity index (χ0v) is 11.3. The second-order valence-electron chi connectivity index (χ2n) is 5.59. The van der Waals surface area contributed by atoms with Gasteiger partial charge in [0.15, 0.2) is 0 Å². The molecule has 0 amide bonds. The highest BCUT2D eigenvalue weighted by atomic mass is 15.1. The second kappa shape index (κ2) is 8.08. The maximum absolute atomic E-state index is 5.72. The van der Waals surface area contributed by atoms with Gasteiger partial charge in [-0.2, -0.15) is 0 Å². The van der Waals surface area contributed by atoms with Crippen LogP contribution >= 0.6 is 0 Å². The lowest BCUT2D eigenvalue weighted by atomic mass is 9.82. The summed E-state index contributed by atoms with van der Waals surface area (Å²) in [4.78, 5) is 2.53. The Morgan fingerprint density at radius 2 is 1.69 bits per heavy atom. The average molecular weight is 226 g/mol. The van der Waals surface area contributed by atoms with Gasteiger partial charge in [-0.3, -0.25) is 0 Å². The Bertz CT molecular complexity index is 162. The minimum absolute atomic E-state index is 0.821. The normalized spacial score (nSPS) is 26.2. The average Bonchev–Trinajstić information content (AvgIpc) is 2.30. The number of unbranched alkanes of at least 4 members (excludes halogenated alkanes) is 2.